The Balaban J connectivity index is 1.62. The van der Waals surface area contributed by atoms with E-state index in [9.17, 15) is 23.1 Å². The van der Waals surface area contributed by atoms with Crippen molar-refractivity contribution < 1.29 is 23.1 Å². The van der Waals surface area contributed by atoms with Gasteiger partial charge >= 0.3 is 5.97 Å². The zero-order valence-corrected chi connectivity index (χ0v) is 23.2. The van der Waals surface area contributed by atoms with Crippen LogP contribution in [-0.4, -0.2) is 35.2 Å². The molecule has 4 N–H and O–H groups in total. The van der Waals surface area contributed by atoms with E-state index < -0.39 is 27.4 Å². The third-order valence-electron chi connectivity index (χ3n) is 5.40. The molecule has 36 heavy (non-hydrogen) atoms. The minimum atomic E-state index is -4.09. The third-order valence-corrected chi connectivity index (χ3v) is 8.47. The molecular formula is C23H20ClIN4O5S2. The highest BCUT2D eigenvalue weighted by molar-refractivity contribution is 14.1. The smallest absolute Gasteiger partial charge is 0.329 e. The van der Waals surface area contributed by atoms with Crippen LogP contribution < -0.4 is 14.8 Å². The highest BCUT2D eigenvalue weighted by Crippen LogP contribution is 2.34. The van der Waals surface area contributed by atoms with Gasteiger partial charge in [-0.25, -0.2) is 13.2 Å². The Morgan fingerprint density at radius 1 is 1.22 bits per heavy atom. The van der Waals surface area contributed by atoms with Crippen LogP contribution in [0.5, 0.6) is 0 Å². The standard InChI is InChI=1S/C23H20ClIN4O5S2/c1-23(22(31)32,12-14-4-6-15(24)7-5-14)27-21(30)17-9-8-16(25)11-18(17)28-36(33,34)20-3-2-10-29-19(20)13-26-35-29/h2-11,13,26,28H,12H2,1H3,(H,27,30)(H,31,32). The van der Waals surface area contributed by atoms with Crippen LogP contribution >= 0.6 is 46.3 Å². The number of carbonyl (C=O) groups is 2. The van der Waals surface area contributed by atoms with E-state index in [-0.39, 0.29) is 22.6 Å². The van der Waals surface area contributed by atoms with Gasteiger partial charge in [0.1, 0.15) is 10.4 Å². The number of halogens is 2. The third kappa shape index (κ3) is 5.66. The summed E-state index contributed by atoms with van der Waals surface area (Å²) in [6, 6.07) is 11.2. The van der Waals surface area contributed by atoms with Crippen LogP contribution in [0, 0.1) is 3.57 Å². The highest BCUT2D eigenvalue weighted by atomic mass is 127. The maximum absolute atomic E-state index is 13.3. The summed E-state index contributed by atoms with van der Waals surface area (Å²) >= 11 is 9.14. The molecule has 0 radical (unpaired) electrons. The number of allylic oxidation sites excluding steroid dienone is 2. The predicted octanol–water partition coefficient (Wildman–Crippen LogP) is 4.22. The molecule has 0 saturated heterocycles. The Morgan fingerprint density at radius 2 is 1.94 bits per heavy atom. The second-order valence-electron chi connectivity index (χ2n) is 8.13. The minimum absolute atomic E-state index is 0.00938. The number of fused-ring (bicyclic) bond motifs is 1. The quantitative estimate of drug-likeness (QED) is 0.245. The van der Waals surface area contributed by atoms with Gasteiger partial charge in [-0.1, -0.05) is 23.7 Å². The number of rotatable bonds is 8. The number of carbonyl (C=O) groups excluding carboxylic acids is 1. The number of sulfonamides is 1. The van der Waals surface area contributed by atoms with Gasteiger partial charge in [-0.2, -0.15) is 0 Å². The second kappa shape index (κ2) is 10.4. The zero-order chi connectivity index (χ0) is 26.1. The summed E-state index contributed by atoms with van der Waals surface area (Å²) in [6.07, 6.45) is 6.33. The van der Waals surface area contributed by atoms with Crippen molar-refractivity contribution in [3.63, 3.8) is 0 Å². The van der Waals surface area contributed by atoms with E-state index in [1.807, 2.05) is 22.6 Å². The lowest BCUT2D eigenvalue weighted by Gasteiger charge is -2.27. The van der Waals surface area contributed by atoms with Crippen molar-refractivity contribution in [2.24, 2.45) is 0 Å². The van der Waals surface area contributed by atoms with Gasteiger partial charge in [-0.05, 0) is 77.6 Å². The van der Waals surface area contributed by atoms with E-state index in [2.05, 4.69) is 14.8 Å². The molecule has 1 atom stereocenters. The average molecular weight is 659 g/mol. The number of amides is 1. The number of benzene rings is 2. The average Bonchev–Trinajstić information content (AvgIpc) is 3.29. The molecule has 2 aliphatic heterocycles. The fourth-order valence-corrected chi connectivity index (χ4v) is 6.16. The number of hydrogen-bond acceptors (Lipinski definition) is 7. The summed E-state index contributed by atoms with van der Waals surface area (Å²) in [5.41, 5.74) is -0.558. The number of carboxylic acids is 1. The molecule has 9 nitrogen and oxygen atoms in total. The van der Waals surface area contributed by atoms with Crippen LogP contribution in [0.2, 0.25) is 5.02 Å². The van der Waals surface area contributed by atoms with Crippen LogP contribution in [0.3, 0.4) is 0 Å². The Bertz CT molecular complexity index is 1430. The van der Waals surface area contributed by atoms with Gasteiger partial charge in [-0.3, -0.25) is 13.8 Å². The number of anilines is 1. The Kier molecular flexibility index (Phi) is 7.59. The van der Waals surface area contributed by atoms with Gasteiger partial charge in [0.15, 0.2) is 0 Å². The van der Waals surface area contributed by atoms with Gasteiger partial charge < -0.3 is 15.1 Å². The number of nitrogens with zero attached hydrogens (tertiary/aromatic N) is 1. The molecule has 0 fully saturated rings. The van der Waals surface area contributed by atoms with Gasteiger partial charge in [0, 0.05) is 27.4 Å². The summed E-state index contributed by atoms with van der Waals surface area (Å²) in [5.74, 6) is -1.98. The van der Waals surface area contributed by atoms with E-state index >= 15 is 0 Å². The summed E-state index contributed by atoms with van der Waals surface area (Å²) in [4.78, 5) is 25.5. The van der Waals surface area contributed by atoms with E-state index in [1.165, 1.54) is 37.3 Å². The molecule has 13 heteroatoms. The van der Waals surface area contributed by atoms with Gasteiger partial charge in [-0.15, -0.1) is 0 Å². The summed E-state index contributed by atoms with van der Waals surface area (Å²) in [6.45, 7) is 1.39. The van der Waals surface area contributed by atoms with Crippen molar-refractivity contribution in [2.75, 3.05) is 4.72 Å². The lowest BCUT2D eigenvalue weighted by Crippen LogP contribution is -2.53. The Hall–Kier alpha value is -2.68. The van der Waals surface area contributed by atoms with Crippen LogP contribution in [0.25, 0.3) is 0 Å². The zero-order valence-electron chi connectivity index (χ0n) is 18.7. The van der Waals surface area contributed by atoms with E-state index in [0.717, 1.165) is 0 Å². The van der Waals surface area contributed by atoms with Crippen LogP contribution in [-0.2, 0) is 21.2 Å². The molecule has 1 amide bonds. The molecule has 0 aromatic heterocycles. The SMILES string of the molecule is CC(Cc1ccc(Cl)cc1)(NC(=O)c1ccc(I)cc1NS(=O)(=O)C1=CC=CN2SNC=C12)C(=O)O. The topological polar surface area (TPSA) is 128 Å². The molecule has 0 bridgehead atoms. The Morgan fingerprint density at radius 3 is 2.64 bits per heavy atom. The number of aliphatic carboxylic acids is 1. The molecule has 2 aromatic rings. The minimum Gasteiger partial charge on any atom is -0.480 e. The van der Waals surface area contributed by atoms with Crippen LogP contribution in [0.15, 0.2) is 77.6 Å². The molecule has 0 saturated carbocycles. The van der Waals surface area contributed by atoms with Crippen molar-refractivity contribution in [3.8, 4) is 0 Å². The first kappa shape index (κ1) is 26.4. The fourth-order valence-electron chi connectivity index (χ4n) is 3.56. The van der Waals surface area contributed by atoms with Crippen molar-refractivity contribution in [1.82, 2.24) is 14.3 Å². The number of hydrogen-bond donors (Lipinski definition) is 4. The number of nitrogens with one attached hydrogen (secondary N) is 3. The fraction of sp³-hybridized carbons (Fsp3) is 0.130. The lowest BCUT2D eigenvalue weighted by atomic mass is 9.92. The van der Waals surface area contributed by atoms with Crippen molar-refractivity contribution in [2.45, 2.75) is 18.9 Å². The maximum atomic E-state index is 13.3. The first-order chi connectivity index (χ1) is 17.0. The summed E-state index contributed by atoms with van der Waals surface area (Å²) < 4.78 is 34.3. The second-order valence-corrected chi connectivity index (χ2v) is 12.3. The van der Waals surface area contributed by atoms with Gasteiger partial charge in [0.05, 0.1) is 29.1 Å². The first-order valence-corrected chi connectivity index (χ1v) is 14.1. The van der Waals surface area contributed by atoms with Crippen molar-refractivity contribution in [3.05, 3.63) is 97.3 Å². The van der Waals surface area contributed by atoms with Crippen LogP contribution in [0.1, 0.15) is 22.8 Å². The predicted molar refractivity (Wildman–Crippen MR) is 148 cm³/mol. The normalized spacial score (nSPS) is 16.2. The monoisotopic (exact) mass is 658 g/mol. The molecule has 2 aromatic carbocycles. The van der Waals surface area contributed by atoms with Gasteiger partial charge in [0.25, 0.3) is 15.9 Å². The summed E-state index contributed by atoms with van der Waals surface area (Å²) in [7, 11) is -4.09. The van der Waals surface area contributed by atoms with Crippen LogP contribution in [0.4, 0.5) is 5.69 Å². The molecule has 1 unspecified atom stereocenters. The largest absolute Gasteiger partial charge is 0.480 e. The van der Waals surface area contributed by atoms with Crippen molar-refractivity contribution >= 4 is 73.9 Å². The molecule has 0 spiro atoms. The number of carboxylic acid groups (broad SMARTS) is 1. The lowest BCUT2D eigenvalue weighted by molar-refractivity contribution is -0.143. The molecule has 0 aliphatic carbocycles. The first-order valence-electron chi connectivity index (χ1n) is 10.4. The Labute approximate surface area is 231 Å². The van der Waals surface area contributed by atoms with E-state index in [0.29, 0.717) is 19.9 Å². The maximum Gasteiger partial charge on any atom is 0.329 e. The summed E-state index contributed by atoms with van der Waals surface area (Å²) in [5, 5.41) is 13.0. The van der Waals surface area contributed by atoms with Gasteiger partial charge in [0.2, 0.25) is 0 Å². The van der Waals surface area contributed by atoms with E-state index in [4.69, 9.17) is 11.6 Å². The van der Waals surface area contributed by atoms with E-state index in [1.54, 1.807) is 53.1 Å². The molecular weight excluding hydrogens is 639 g/mol. The molecule has 2 heterocycles. The molecule has 4 rings (SSSR count). The molecule has 2 aliphatic rings. The molecule has 188 valence electrons. The van der Waals surface area contributed by atoms with Crippen molar-refractivity contribution in [1.29, 1.82) is 0 Å². The highest BCUT2D eigenvalue weighted by Gasteiger charge is 2.36.